The monoisotopic (exact) mass is 280 g/mol. The second-order valence-electron chi connectivity index (χ2n) is 6.47. The van der Waals surface area contributed by atoms with Crippen molar-refractivity contribution in [2.24, 2.45) is 5.92 Å². The third-order valence-electron chi connectivity index (χ3n) is 3.70. The van der Waals surface area contributed by atoms with Gasteiger partial charge in [-0.1, -0.05) is 13.8 Å². The molecule has 0 spiro atoms. The molecule has 112 valence electrons. The first kappa shape index (κ1) is 15.3. The Morgan fingerprint density at radius 2 is 2.20 bits per heavy atom. The quantitative estimate of drug-likeness (QED) is 0.870. The molecule has 1 aliphatic rings. The molecule has 1 saturated heterocycles. The Kier molecular flexibility index (Phi) is 4.66. The van der Waals surface area contributed by atoms with E-state index in [9.17, 15) is 9.50 Å². The van der Waals surface area contributed by atoms with Crippen LogP contribution in [0.3, 0.4) is 0 Å². The van der Waals surface area contributed by atoms with Crippen molar-refractivity contribution in [1.29, 1.82) is 0 Å². The smallest absolute Gasteiger partial charge is 0.123 e. The summed E-state index contributed by atoms with van der Waals surface area (Å²) in [5.41, 5.74) is 1.35. The Morgan fingerprint density at radius 1 is 1.45 bits per heavy atom. The first-order chi connectivity index (χ1) is 9.37. The Balaban J connectivity index is 2.12. The van der Waals surface area contributed by atoms with Crippen LogP contribution in [0.15, 0.2) is 18.2 Å². The largest absolute Gasteiger partial charge is 0.388 e. The molecule has 1 aliphatic heterocycles. The van der Waals surface area contributed by atoms with Crippen LogP contribution in [0.4, 0.5) is 10.1 Å². The molecule has 0 saturated carbocycles. The van der Waals surface area contributed by atoms with E-state index in [0.29, 0.717) is 19.0 Å². The van der Waals surface area contributed by atoms with Gasteiger partial charge in [-0.2, -0.15) is 0 Å². The Labute approximate surface area is 120 Å². The van der Waals surface area contributed by atoms with Crippen LogP contribution in [0.5, 0.6) is 0 Å². The molecule has 0 bridgehead atoms. The predicted octanol–water partition coefficient (Wildman–Crippen LogP) is 2.53. The minimum Gasteiger partial charge on any atom is -0.388 e. The number of nitrogens with zero attached hydrogens (tertiary/aromatic N) is 1. The number of hydrogen-bond acceptors (Lipinski definition) is 3. The molecule has 1 fully saturated rings. The van der Waals surface area contributed by atoms with E-state index in [0.717, 1.165) is 30.8 Å². The second kappa shape index (κ2) is 6.10. The minimum atomic E-state index is -0.642. The van der Waals surface area contributed by atoms with E-state index in [4.69, 9.17) is 0 Å². The van der Waals surface area contributed by atoms with Gasteiger partial charge in [0.25, 0.3) is 0 Å². The van der Waals surface area contributed by atoms with Crippen molar-refractivity contribution in [2.75, 3.05) is 24.5 Å². The zero-order chi connectivity index (χ0) is 14.8. The van der Waals surface area contributed by atoms with Crippen molar-refractivity contribution in [3.8, 4) is 0 Å². The first-order valence-corrected chi connectivity index (χ1v) is 7.34. The van der Waals surface area contributed by atoms with Crippen LogP contribution in [0.2, 0.25) is 0 Å². The summed E-state index contributed by atoms with van der Waals surface area (Å²) in [5.74, 6) is 0.362. The molecule has 0 aliphatic carbocycles. The first-order valence-electron chi connectivity index (χ1n) is 7.34. The van der Waals surface area contributed by atoms with E-state index in [1.54, 1.807) is 6.07 Å². The Hall–Kier alpha value is -1.13. The van der Waals surface area contributed by atoms with Crippen LogP contribution >= 0.6 is 0 Å². The van der Waals surface area contributed by atoms with E-state index in [1.165, 1.54) is 6.07 Å². The standard InChI is InChI=1S/C16H25FN2O/c1-12(2)9-18-10-13-8-14(17)4-5-15(13)19-7-6-16(3,20)11-19/h4-5,8,12,18,20H,6-7,9-11H2,1-3H3. The molecule has 0 amide bonds. The molecule has 0 radical (unpaired) electrons. The lowest BCUT2D eigenvalue weighted by atomic mass is 10.1. The van der Waals surface area contributed by atoms with Crippen LogP contribution in [0, 0.1) is 11.7 Å². The fourth-order valence-corrected chi connectivity index (χ4v) is 2.65. The number of hydrogen-bond donors (Lipinski definition) is 2. The molecular formula is C16H25FN2O. The molecule has 1 aromatic rings. The summed E-state index contributed by atoms with van der Waals surface area (Å²) in [5, 5.41) is 13.4. The Morgan fingerprint density at radius 3 is 2.80 bits per heavy atom. The zero-order valence-electron chi connectivity index (χ0n) is 12.6. The predicted molar refractivity (Wildman–Crippen MR) is 80.4 cm³/mol. The second-order valence-corrected chi connectivity index (χ2v) is 6.47. The number of anilines is 1. The summed E-state index contributed by atoms with van der Waals surface area (Å²) >= 11 is 0. The summed E-state index contributed by atoms with van der Waals surface area (Å²) in [6.07, 6.45) is 0.753. The van der Waals surface area contributed by atoms with E-state index in [2.05, 4.69) is 24.1 Å². The van der Waals surface area contributed by atoms with Gasteiger partial charge < -0.3 is 15.3 Å². The molecule has 1 aromatic carbocycles. The van der Waals surface area contributed by atoms with Crippen molar-refractivity contribution in [3.05, 3.63) is 29.6 Å². The van der Waals surface area contributed by atoms with Gasteiger partial charge in [-0.25, -0.2) is 4.39 Å². The van der Waals surface area contributed by atoms with Crippen molar-refractivity contribution < 1.29 is 9.50 Å². The zero-order valence-corrected chi connectivity index (χ0v) is 12.6. The molecule has 1 atom stereocenters. The van der Waals surface area contributed by atoms with E-state index < -0.39 is 5.60 Å². The number of rotatable bonds is 5. The lowest BCUT2D eigenvalue weighted by molar-refractivity contribution is 0.0839. The average molecular weight is 280 g/mol. The van der Waals surface area contributed by atoms with Gasteiger partial charge >= 0.3 is 0 Å². The Bertz CT molecular complexity index is 460. The van der Waals surface area contributed by atoms with E-state index in [-0.39, 0.29) is 5.82 Å². The highest BCUT2D eigenvalue weighted by atomic mass is 19.1. The summed E-state index contributed by atoms with van der Waals surface area (Å²) < 4.78 is 13.5. The van der Waals surface area contributed by atoms with Gasteiger partial charge in [-0.05, 0) is 49.6 Å². The molecule has 1 unspecified atom stereocenters. The SMILES string of the molecule is CC(C)CNCc1cc(F)ccc1N1CCC(C)(O)C1. The third-order valence-corrected chi connectivity index (χ3v) is 3.70. The summed E-state index contributed by atoms with van der Waals surface area (Å²) in [4.78, 5) is 2.14. The molecule has 1 heterocycles. The number of β-amino-alcohol motifs (C(OH)–C–C–N with tert-alkyl or cyclic N) is 1. The number of halogens is 1. The highest BCUT2D eigenvalue weighted by Gasteiger charge is 2.32. The van der Waals surface area contributed by atoms with E-state index >= 15 is 0 Å². The fraction of sp³-hybridized carbons (Fsp3) is 0.625. The average Bonchev–Trinajstić information content (AvgIpc) is 2.69. The minimum absolute atomic E-state index is 0.207. The van der Waals surface area contributed by atoms with Gasteiger partial charge in [0, 0.05) is 25.3 Å². The van der Waals surface area contributed by atoms with Gasteiger partial charge in [0.2, 0.25) is 0 Å². The molecule has 0 aromatic heterocycles. The van der Waals surface area contributed by atoms with Crippen molar-refractivity contribution in [1.82, 2.24) is 5.32 Å². The van der Waals surface area contributed by atoms with Crippen LogP contribution in [0.25, 0.3) is 0 Å². The third kappa shape index (κ3) is 3.93. The van der Waals surface area contributed by atoms with Crippen LogP contribution in [-0.4, -0.2) is 30.3 Å². The molecule has 3 nitrogen and oxygen atoms in total. The van der Waals surface area contributed by atoms with Gasteiger partial charge in [0.15, 0.2) is 0 Å². The van der Waals surface area contributed by atoms with Gasteiger partial charge in [-0.3, -0.25) is 0 Å². The maximum atomic E-state index is 13.5. The summed E-state index contributed by atoms with van der Waals surface area (Å²) in [6, 6.07) is 4.91. The summed E-state index contributed by atoms with van der Waals surface area (Å²) in [6.45, 7) is 9.14. The van der Waals surface area contributed by atoms with Gasteiger partial charge in [-0.15, -0.1) is 0 Å². The molecule has 4 heteroatoms. The number of nitrogens with one attached hydrogen (secondary N) is 1. The molecular weight excluding hydrogens is 255 g/mol. The molecule has 20 heavy (non-hydrogen) atoms. The van der Waals surface area contributed by atoms with Gasteiger partial charge in [0.05, 0.1) is 5.60 Å². The van der Waals surface area contributed by atoms with Crippen molar-refractivity contribution >= 4 is 5.69 Å². The topological polar surface area (TPSA) is 35.5 Å². The highest BCUT2D eigenvalue weighted by Crippen LogP contribution is 2.29. The lowest BCUT2D eigenvalue weighted by Crippen LogP contribution is -2.30. The van der Waals surface area contributed by atoms with Crippen molar-refractivity contribution in [3.63, 3.8) is 0 Å². The van der Waals surface area contributed by atoms with Crippen LogP contribution in [0.1, 0.15) is 32.8 Å². The molecule has 2 N–H and O–H groups in total. The fourth-order valence-electron chi connectivity index (χ4n) is 2.65. The highest BCUT2D eigenvalue weighted by molar-refractivity contribution is 5.55. The van der Waals surface area contributed by atoms with E-state index in [1.807, 2.05) is 13.0 Å². The normalized spacial score (nSPS) is 22.8. The summed E-state index contributed by atoms with van der Waals surface area (Å²) in [7, 11) is 0. The van der Waals surface area contributed by atoms with Crippen LogP contribution < -0.4 is 10.2 Å². The number of aliphatic hydroxyl groups is 1. The van der Waals surface area contributed by atoms with Gasteiger partial charge in [0.1, 0.15) is 5.82 Å². The number of benzene rings is 1. The lowest BCUT2D eigenvalue weighted by Gasteiger charge is -2.24. The molecule has 2 rings (SSSR count). The maximum Gasteiger partial charge on any atom is 0.123 e. The van der Waals surface area contributed by atoms with Crippen molar-refractivity contribution in [2.45, 2.75) is 39.3 Å². The maximum absolute atomic E-state index is 13.5. The van der Waals surface area contributed by atoms with Crippen LogP contribution in [-0.2, 0) is 6.54 Å².